The molecule has 9 heteroatoms. The Hall–Kier alpha value is -4.04. The van der Waals surface area contributed by atoms with Gasteiger partial charge in [-0.2, -0.15) is 9.78 Å². The molecule has 0 aliphatic carbocycles. The monoisotopic (exact) mass is 477 g/mol. The summed E-state index contributed by atoms with van der Waals surface area (Å²) in [5.41, 5.74) is 2.81. The van der Waals surface area contributed by atoms with Gasteiger partial charge in [-0.25, -0.2) is 13.8 Å². The molecule has 2 heterocycles. The molecule has 0 saturated heterocycles. The van der Waals surface area contributed by atoms with Gasteiger partial charge in [0.25, 0.3) is 5.91 Å². The van der Waals surface area contributed by atoms with Crippen molar-refractivity contribution in [3.63, 3.8) is 0 Å². The Morgan fingerprint density at radius 1 is 1.03 bits per heavy atom. The Balaban J connectivity index is 1.60. The molecule has 0 unspecified atom stereocenters. The van der Waals surface area contributed by atoms with Crippen LogP contribution < -0.4 is 5.32 Å². The van der Waals surface area contributed by atoms with Crippen molar-refractivity contribution in [3.8, 4) is 5.95 Å². The Morgan fingerprint density at radius 3 is 2.59 bits per heavy atom. The third-order valence-electron chi connectivity index (χ3n) is 5.36. The molecule has 34 heavy (non-hydrogen) atoms. The maximum Gasteiger partial charge on any atom is 0.259 e. The van der Waals surface area contributed by atoms with Gasteiger partial charge in [0.15, 0.2) is 0 Å². The van der Waals surface area contributed by atoms with Crippen LogP contribution in [0.4, 0.5) is 14.6 Å². The van der Waals surface area contributed by atoms with Crippen LogP contribution in [-0.4, -0.2) is 25.2 Å². The van der Waals surface area contributed by atoms with Crippen molar-refractivity contribution in [2.45, 2.75) is 13.5 Å². The molecule has 6 nitrogen and oxygen atoms in total. The highest BCUT2D eigenvalue weighted by Crippen LogP contribution is 2.26. The number of nitrogens with one attached hydrogen (secondary N) is 1. The number of para-hydroxylation sites is 2. The first kappa shape index (κ1) is 21.8. The van der Waals surface area contributed by atoms with Crippen molar-refractivity contribution >= 4 is 34.4 Å². The first-order chi connectivity index (χ1) is 16.4. The molecule has 0 bridgehead atoms. The van der Waals surface area contributed by atoms with Gasteiger partial charge in [-0.3, -0.25) is 4.79 Å². The molecule has 0 aliphatic heterocycles. The number of fused-ring (bicyclic) bond motifs is 1. The van der Waals surface area contributed by atoms with Crippen molar-refractivity contribution in [2.75, 3.05) is 5.32 Å². The molecule has 0 saturated carbocycles. The fraction of sp³-hybridized carbons (Fsp3) is 0.0800. The molecule has 3 aromatic carbocycles. The van der Waals surface area contributed by atoms with Crippen LogP contribution in [0.1, 0.15) is 21.6 Å². The first-order valence-electron chi connectivity index (χ1n) is 10.4. The van der Waals surface area contributed by atoms with E-state index in [-0.39, 0.29) is 5.56 Å². The number of carbonyl (C=O) groups excluding carboxylic acids is 1. The fourth-order valence-corrected chi connectivity index (χ4v) is 3.97. The second-order valence-corrected chi connectivity index (χ2v) is 8.15. The van der Waals surface area contributed by atoms with E-state index < -0.39 is 17.5 Å². The van der Waals surface area contributed by atoms with E-state index >= 15 is 0 Å². The number of nitrogens with zero attached hydrogens (tertiary/aromatic N) is 4. The maximum absolute atomic E-state index is 14.2. The zero-order valence-corrected chi connectivity index (χ0v) is 18.7. The van der Waals surface area contributed by atoms with Crippen LogP contribution in [0.3, 0.4) is 0 Å². The highest BCUT2D eigenvalue weighted by Gasteiger charge is 2.20. The van der Waals surface area contributed by atoms with E-state index in [9.17, 15) is 13.6 Å². The molecule has 5 aromatic rings. The van der Waals surface area contributed by atoms with Gasteiger partial charge in [-0.15, -0.1) is 0 Å². The summed E-state index contributed by atoms with van der Waals surface area (Å²) in [6, 6.07) is 19.6. The minimum atomic E-state index is -0.953. The summed E-state index contributed by atoms with van der Waals surface area (Å²) >= 11 is 6.41. The van der Waals surface area contributed by atoms with Crippen LogP contribution in [0.5, 0.6) is 0 Å². The lowest BCUT2D eigenvalue weighted by molar-refractivity contribution is 0.102. The highest BCUT2D eigenvalue weighted by molar-refractivity contribution is 6.31. The number of halogens is 3. The van der Waals surface area contributed by atoms with E-state index in [2.05, 4.69) is 10.4 Å². The van der Waals surface area contributed by atoms with Crippen LogP contribution >= 0.6 is 11.6 Å². The first-order valence-corrected chi connectivity index (χ1v) is 10.8. The number of aromatic nitrogens is 4. The molecular weight excluding hydrogens is 460 g/mol. The number of aryl methyl sites for hydroxylation is 1. The number of benzene rings is 3. The van der Waals surface area contributed by atoms with Gasteiger partial charge >= 0.3 is 0 Å². The van der Waals surface area contributed by atoms with Gasteiger partial charge in [0.2, 0.25) is 5.95 Å². The average molecular weight is 478 g/mol. The molecule has 0 aliphatic rings. The van der Waals surface area contributed by atoms with Crippen molar-refractivity contribution in [1.82, 2.24) is 19.3 Å². The minimum absolute atomic E-state index is 0.281. The zero-order valence-electron chi connectivity index (χ0n) is 18.0. The van der Waals surface area contributed by atoms with Crippen LogP contribution in [-0.2, 0) is 6.54 Å². The molecule has 2 aromatic heterocycles. The lowest BCUT2D eigenvalue weighted by atomic mass is 10.2. The highest BCUT2D eigenvalue weighted by atomic mass is 35.5. The summed E-state index contributed by atoms with van der Waals surface area (Å²) in [6.45, 7) is 2.18. The van der Waals surface area contributed by atoms with Crippen LogP contribution in [0.25, 0.3) is 17.0 Å². The number of anilines is 1. The summed E-state index contributed by atoms with van der Waals surface area (Å²) in [4.78, 5) is 17.5. The van der Waals surface area contributed by atoms with E-state index in [1.807, 2.05) is 53.1 Å². The van der Waals surface area contributed by atoms with Crippen LogP contribution in [0.15, 0.2) is 72.8 Å². The largest absolute Gasteiger partial charge is 0.306 e. The second kappa shape index (κ2) is 8.72. The molecule has 0 atom stereocenters. The molecule has 0 radical (unpaired) electrons. The Kier molecular flexibility index (Phi) is 5.59. The SMILES string of the molecule is Cc1cc(NC(=O)c2ccc(F)cc2F)n(-c2nc3ccccc3n2Cc2ccccc2Cl)n1. The van der Waals surface area contributed by atoms with Crippen LogP contribution in [0.2, 0.25) is 5.02 Å². The van der Waals surface area contributed by atoms with Crippen molar-refractivity contribution in [3.05, 3.63) is 106 Å². The van der Waals surface area contributed by atoms with Crippen molar-refractivity contribution < 1.29 is 13.6 Å². The molecule has 0 fully saturated rings. The third kappa shape index (κ3) is 4.04. The normalized spacial score (nSPS) is 11.2. The Labute approximate surface area is 198 Å². The van der Waals surface area contributed by atoms with E-state index in [1.54, 1.807) is 13.0 Å². The molecule has 5 rings (SSSR count). The standard InChI is InChI=1S/C25H18ClF2N5O/c1-15-12-23(30-24(34)18-11-10-17(27)13-20(18)28)33(31-15)25-29-21-8-4-5-9-22(21)32(25)14-16-6-2-3-7-19(16)26/h2-13H,14H2,1H3,(H,30,34). The molecule has 0 spiro atoms. The Morgan fingerprint density at radius 2 is 1.79 bits per heavy atom. The molecular formula is C25H18ClF2N5O. The van der Waals surface area contributed by atoms with Gasteiger partial charge in [0.05, 0.1) is 28.8 Å². The lowest BCUT2D eigenvalue weighted by Gasteiger charge is -2.13. The molecule has 1 amide bonds. The number of amides is 1. The van der Waals surface area contributed by atoms with E-state index in [0.717, 1.165) is 28.7 Å². The number of hydrogen-bond donors (Lipinski definition) is 1. The maximum atomic E-state index is 14.2. The van der Waals surface area contributed by atoms with E-state index in [1.165, 1.54) is 4.68 Å². The van der Waals surface area contributed by atoms with Crippen molar-refractivity contribution in [1.29, 1.82) is 0 Å². The number of hydrogen-bond acceptors (Lipinski definition) is 3. The predicted molar refractivity (Wildman–Crippen MR) is 126 cm³/mol. The molecule has 170 valence electrons. The van der Waals surface area contributed by atoms with Gasteiger partial charge in [-0.1, -0.05) is 41.9 Å². The summed E-state index contributed by atoms with van der Waals surface area (Å²) in [6.07, 6.45) is 0. The van der Waals surface area contributed by atoms with E-state index in [0.29, 0.717) is 35.1 Å². The summed E-state index contributed by atoms with van der Waals surface area (Å²) in [5.74, 6) is -1.70. The van der Waals surface area contributed by atoms with Gasteiger partial charge in [0, 0.05) is 17.2 Å². The lowest BCUT2D eigenvalue weighted by Crippen LogP contribution is -2.18. The van der Waals surface area contributed by atoms with Gasteiger partial charge in [-0.05, 0) is 42.8 Å². The molecule has 1 N–H and O–H groups in total. The minimum Gasteiger partial charge on any atom is -0.306 e. The quantitative estimate of drug-likeness (QED) is 0.350. The predicted octanol–water partition coefficient (Wildman–Crippen LogP) is 5.76. The number of carbonyl (C=O) groups is 1. The van der Waals surface area contributed by atoms with Crippen molar-refractivity contribution in [2.24, 2.45) is 0 Å². The third-order valence-corrected chi connectivity index (χ3v) is 5.73. The smallest absolute Gasteiger partial charge is 0.259 e. The topological polar surface area (TPSA) is 64.7 Å². The average Bonchev–Trinajstić information content (AvgIpc) is 3.35. The second-order valence-electron chi connectivity index (χ2n) is 7.74. The number of imidazole rings is 1. The van der Waals surface area contributed by atoms with Gasteiger partial charge in [0.1, 0.15) is 17.5 Å². The zero-order chi connectivity index (χ0) is 23.8. The van der Waals surface area contributed by atoms with E-state index in [4.69, 9.17) is 16.6 Å². The Bertz CT molecular complexity index is 1540. The number of rotatable bonds is 5. The van der Waals surface area contributed by atoms with Gasteiger partial charge < -0.3 is 9.88 Å². The van der Waals surface area contributed by atoms with Crippen LogP contribution in [0, 0.1) is 18.6 Å². The summed E-state index contributed by atoms with van der Waals surface area (Å²) < 4.78 is 30.9. The fourth-order valence-electron chi connectivity index (χ4n) is 3.78. The summed E-state index contributed by atoms with van der Waals surface area (Å²) in [7, 11) is 0. The summed E-state index contributed by atoms with van der Waals surface area (Å²) in [5, 5.41) is 7.80.